The summed E-state index contributed by atoms with van der Waals surface area (Å²) < 4.78 is 0. The average molecular weight is 193 g/mol. The van der Waals surface area contributed by atoms with Crippen molar-refractivity contribution in [1.29, 1.82) is 0 Å². The topological polar surface area (TPSA) is 54.0 Å². The van der Waals surface area contributed by atoms with Gasteiger partial charge in [-0.05, 0) is 33.0 Å². The van der Waals surface area contributed by atoms with E-state index in [2.05, 4.69) is 15.6 Å². The number of amides is 1. The SMILES string of the molecule is CNC(C)C(=O)Nc1cccnc1C. The minimum atomic E-state index is -0.199. The number of pyridine rings is 1. The van der Waals surface area contributed by atoms with Crippen LogP contribution in [0.2, 0.25) is 0 Å². The van der Waals surface area contributed by atoms with Crippen molar-refractivity contribution in [2.45, 2.75) is 19.9 Å². The first-order chi connectivity index (χ1) is 6.65. The number of carbonyl (C=O) groups excluding carboxylic acids is 1. The van der Waals surface area contributed by atoms with E-state index in [9.17, 15) is 4.79 Å². The third kappa shape index (κ3) is 2.53. The normalized spacial score (nSPS) is 12.2. The molecule has 14 heavy (non-hydrogen) atoms. The molecule has 0 aliphatic rings. The predicted octanol–water partition coefficient (Wildman–Crippen LogP) is 0.936. The van der Waals surface area contributed by atoms with Crippen molar-refractivity contribution >= 4 is 11.6 Å². The zero-order chi connectivity index (χ0) is 10.6. The molecule has 1 amide bonds. The van der Waals surface area contributed by atoms with Gasteiger partial charge in [-0.3, -0.25) is 9.78 Å². The molecule has 4 nitrogen and oxygen atoms in total. The number of carbonyl (C=O) groups is 1. The van der Waals surface area contributed by atoms with Gasteiger partial charge in [0.1, 0.15) is 0 Å². The second-order valence-electron chi connectivity index (χ2n) is 3.14. The maximum atomic E-state index is 11.5. The van der Waals surface area contributed by atoms with Gasteiger partial charge in [0.2, 0.25) is 5.91 Å². The molecule has 0 aliphatic carbocycles. The van der Waals surface area contributed by atoms with E-state index in [0.717, 1.165) is 11.4 Å². The molecule has 1 aromatic rings. The number of nitrogens with zero attached hydrogens (tertiary/aromatic N) is 1. The lowest BCUT2D eigenvalue weighted by Crippen LogP contribution is -2.35. The zero-order valence-electron chi connectivity index (χ0n) is 8.66. The van der Waals surface area contributed by atoms with Crippen LogP contribution >= 0.6 is 0 Å². The highest BCUT2D eigenvalue weighted by Crippen LogP contribution is 2.10. The number of nitrogens with one attached hydrogen (secondary N) is 2. The zero-order valence-corrected chi connectivity index (χ0v) is 8.66. The maximum Gasteiger partial charge on any atom is 0.241 e. The number of hydrogen-bond acceptors (Lipinski definition) is 3. The molecule has 76 valence electrons. The highest BCUT2D eigenvalue weighted by molar-refractivity contribution is 5.94. The van der Waals surface area contributed by atoms with Crippen molar-refractivity contribution in [3.63, 3.8) is 0 Å². The second kappa shape index (κ2) is 4.72. The van der Waals surface area contributed by atoms with Crippen LogP contribution < -0.4 is 10.6 Å². The molecular formula is C10H15N3O. The van der Waals surface area contributed by atoms with Crippen LogP contribution in [0, 0.1) is 6.92 Å². The fourth-order valence-corrected chi connectivity index (χ4v) is 0.988. The van der Waals surface area contributed by atoms with Gasteiger partial charge in [0.25, 0.3) is 0 Å². The van der Waals surface area contributed by atoms with Crippen molar-refractivity contribution in [3.8, 4) is 0 Å². The van der Waals surface area contributed by atoms with Crippen molar-refractivity contribution in [1.82, 2.24) is 10.3 Å². The molecule has 0 spiro atoms. The third-order valence-electron chi connectivity index (χ3n) is 2.09. The molecule has 0 fully saturated rings. The molecule has 4 heteroatoms. The van der Waals surface area contributed by atoms with Crippen LogP contribution in [-0.4, -0.2) is 24.0 Å². The first-order valence-electron chi connectivity index (χ1n) is 4.55. The Balaban J connectivity index is 2.70. The van der Waals surface area contributed by atoms with Gasteiger partial charge >= 0.3 is 0 Å². The summed E-state index contributed by atoms with van der Waals surface area (Å²) in [5.41, 5.74) is 1.59. The molecule has 0 aliphatic heterocycles. The molecule has 1 aromatic heterocycles. The summed E-state index contributed by atoms with van der Waals surface area (Å²) in [7, 11) is 1.75. The predicted molar refractivity (Wildman–Crippen MR) is 56.1 cm³/mol. The Labute approximate surface area is 83.7 Å². The summed E-state index contributed by atoms with van der Waals surface area (Å²) in [5.74, 6) is -0.0522. The standard InChI is InChI=1S/C10H15N3O/c1-7-9(5-4-6-12-7)13-10(14)8(2)11-3/h4-6,8,11H,1-3H3,(H,13,14). The van der Waals surface area contributed by atoms with Gasteiger partial charge in [0, 0.05) is 6.20 Å². The summed E-state index contributed by atoms with van der Waals surface area (Å²) in [5, 5.41) is 5.67. The van der Waals surface area contributed by atoms with E-state index >= 15 is 0 Å². The number of anilines is 1. The summed E-state index contributed by atoms with van der Waals surface area (Å²) in [4.78, 5) is 15.6. The lowest BCUT2D eigenvalue weighted by molar-refractivity contribution is -0.117. The quantitative estimate of drug-likeness (QED) is 0.751. The minimum absolute atomic E-state index is 0.0522. The first kappa shape index (κ1) is 10.7. The van der Waals surface area contributed by atoms with Crippen LogP contribution in [0.25, 0.3) is 0 Å². The van der Waals surface area contributed by atoms with Gasteiger partial charge in [0.15, 0.2) is 0 Å². The Morgan fingerprint density at radius 2 is 2.29 bits per heavy atom. The lowest BCUT2D eigenvalue weighted by atomic mass is 10.2. The van der Waals surface area contributed by atoms with E-state index < -0.39 is 0 Å². The van der Waals surface area contributed by atoms with E-state index in [4.69, 9.17) is 0 Å². The smallest absolute Gasteiger partial charge is 0.241 e. The molecule has 0 bridgehead atoms. The van der Waals surface area contributed by atoms with Gasteiger partial charge in [-0.2, -0.15) is 0 Å². The van der Waals surface area contributed by atoms with Crippen LogP contribution in [0.4, 0.5) is 5.69 Å². The number of rotatable bonds is 3. The van der Waals surface area contributed by atoms with Crippen LogP contribution in [0.15, 0.2) is 18.3 Å². The van der Waals surface area contributed by atoms with Crippen molar-refractivity contribution < 1.29 is 4.79 Å². The van der Waals surface area contributed by atoms with E-state index in [1.165, 1.54) is 0 Å². The van der Waals surface area contributed by atoms with Crippen LogP contribution in [-0.2, 0) is 4.79 Å². The highest BCUT2D eigenvalue weighted by Gasteiger charge is 2.10. The van der Waals surface area contributed by atoms with Gasteiger partial charge in [0.05, 0.1) is 17.4 Å². The summed E-state index contributed by atoms with van der Waals surface area (Å²) >= 11 is 0. The average Bonchev–Trinajstić information content (AvgIpc) is 2.20. The van der Waals surface area contributed by atoms with Crippen molar-refractivity contribution in [2.24, 2.45) is 0 Å². The Morgan fingerprint density at radius 3 is 2.86 bits per heavy atom. The van der Waals surface area contributed by atoms with Crippen molar-refractivity contribution in [2.75, 3.05) is 12.4 Å². The van der Waals surface area contributed by atoms with Crippen LogP contribution in [0.5, 0.6) is 0 Å². The summed E-state index contributed by atoms with van der Waals surface area (Å²) in [6, 6.07) is 3.43. The molecule has 0 aromatic carbocycles. The Morgan fingerprint density at radius 1 is 1.57 bits per heavy atom. The van der Waals surface area contributed by atoms with Gasteiger partial charge in [-0.1, -0.05) is 0 Å². The largest absolute Gasteiger partial charge is 0.323 e. The Hall–Kier alpha value is -1.42. The summed E-state index contributed by atoms with van der Waals surface area (Å²) in [6.45, 7) is 3.67. The van der Waals surface area contributed by atoms with Crippen molar-refractivity contribution in [3.05, 3.63) is 24.0 Å². The van der Waals surface area contributed by atoms with E-state index in [1.807, 2.05) is 13.0 Å². The monoisotopic (exact) mass is 193 g/mol. The van der Waals surface area contributed by atoms with E-state index in [1.54, 1.807) is 26.2 Å². The molecule has 1 heterocycles. The molecule has 1 unspecified atom stereocenters. The Kier molecular flexibility index (Phi) is 3.59. The molecular weight excluding hydrogens is 178 g/mol. The van der Waals surface area contributed by atoms with E-state index in [-0.39, 0.29) is 11.9 Å². The summed E-state index contributed by atoms with van der Waals surface area (Å²) in [6.07, 6.45) is 1.70. The number of hydrogen-bond donors (Lipinski definition) is 2. The number of aromatic nitrogens is 1. The molecule has 0 radical (unpaired) electrons. The lowest BCUT2D eigenvalue weighted by Gasteiger charge is -2.11. The molecule has 2 N–H and O–H groups in total. The fraction of sp³-hybridized carbons (Fsp3) is 0.400. The Bertz CT molecular complexity index is 325. The second-order valence-corrected chi connectivity index (χ2v) is 3.14. The molecule has 1 rings (SSSR count). The highest BCUT2D eigenvalue weighted by atomic mass is 16.2. The fourth-order valence-electron chi connectivity index (χ4n) is 0.988. The molecule has 0 saturated carbocycles. The van der Waals surface area contributed by atoms with Gasteiger partial charge in [-0.25, -0.2) is 0 Å². The van der Waals surface area contributed by atoms with Crippen LogP contribution in [0.3, 0.4) is 0 Å². The molecule has 0 saturated heterocycles. The minimum Gasteiger partial charge on any atom is -0.323 e. The molecule has 1 atom stereocenters. The number of likely N-dealkylation sites (N-methyl/N-ethyl adjacent to an activating group) is 1. The van der Waals surface area contributed by atoms with Gasteiger partial charge in [-0.15, -0.1) is 0 Å². The van der Waals surface area contributed by atoms with Gasteiger partial charge < -0.3 is 10.6 Å². The van der Waals surface area contributed by atoms with Crippen LogP contribution in [0.1, 0.15) is 12.6 Å². The maximum absolute atomic E-state index is 11.5. The number of aryl methyl sites for hydroxylation is 1. The van der Waals surface area contributed by atoms with E-state index in [0.29, 0.717) is 0 Å². The third-order valence-corrected chi connectivity index (χ3v) is 2.09. The first-order valence-corrected chi connectivity index (χ1v) is 4.55.